The summed E-state index contributed by atoms with van der Waals surface area (Å²) in [6.45, 7) is 2.40. The summed E-state index contributed by atoms with van der Waals surface area (Å²) in [5, 5.41) is 0. The normalized spacial score (nSPS) is 12.0. The van der Waals surface area contributed by atoms with Gasteiger partial charge in [0.05, 0.1) is 9.23 Å². The fraction of sp³-hybridized carbons (Fsp3) is 0.286. The molecule has 0 fully saturated rings. The van der Waals surface area contributed by atoms with Crippen molar-refractivity contribution >= 4 is 33.0 Å². The Balaban J connectivity index is 2.33. The van der Waals surface area contributed by atoms with E-state index in [2.05, 4.69) is 0 Å². The Bertz CT molecular complexity index is 741. The molecule has 0 aliphatic rings. The average molecular weight is 345 g/mol. The lowest BCUT2D eigenvalue weighted by Gasteiger charge is -2.19. The molecule has 2 N–H and O–H groups in total. The van der Waals surface area contributed by atoms with Gasteiger partial charge in [0.2, 0.25) is 10.0 Å². The molecular weight excluding hydrogens is 328 g/mol. The highest BCUT2D eigenvalue weighted by atomic mass is 35.5. The third-order valence-electron chi connectivity index (χ3n) is 3.31. The summed E-state index contributed by atoms with van der Waals surface area (Å²) in [7, 11) is -1.98. The van der Waals surface area contributed by atoms with Crippen molar-refractivity contribution in [1.29, 1.82) is 0 Å². The van der Waals surface area contributed by atoms with Crippen LogP contribution in [0.2, 0.25) is 4.34 Å². The van der Waals surface area contributed by atoms with E-state index in [-0.39, 0.29) is 0 Å². The molecule has 4 nitrogen and oxygen atoms in total. The molecule has 0 bridgehead atoms. The highest BCUT2D eigenvalue weighted by Gasteiger charge is 2.24. The second-order valence-corrected chi connectivity index (χ2v) is 8.52. The van der Waals surface area contributed by atoms with E-state index in [9.17, 15) is 8.42 Å². The molecule has 0 radical (unpaired) electrons. The van der Waals surface area contributed by atoms with E-state index in [1.807, 2.05) is 12.1 Å². The van der Waals surface area contributed by atoms with Gasteiger partial charge in [-0.1, -0.05) is 23.7 Å². The molecule has 0 amide bonds. The predicted molar refractivity (Wildman–Crippen MR) is 87.1 cm³/mol. The Morgan fingerprint density at radius 3 is 2.57 bits per heavy atom. The lowest BCUT2D eigenvalue weighted by molar-refractivity contribution is 0.469. The summed E-state index contributed by atoms with van der Waals surface area (Å²) in [5.41, 5.74) is 7.19. The minimum atomic E-state index is -3.55. The number of benzene rings is 1. The maximum absolute atomic E-state index is 12.7. The van der Waals surface area contributed by atoms with Gasteiger partial charge in [-0.2, -0.15) is 4.31 Å². The Morgan fingerprint density at radius 1 is 1.29 bits per heavy atom. The predicted octanol–water partition coefficient (Wildman–Crippen LogP) is 2.99. The molecule has 7 heteroatoms. The molecule has 0 unspecified atom stereocenters. The van der Waals surface area contributed by atoms with Gasteiger partial charge in [-0.3, -0.25) is 0 Å². The largest absolute Gasteiger partial charge is 0.326 e. The molecule has 1 aromatic heterocycles. The van der Waals surface area contributed by atoms with Gasteiger partial charge < -0.3 is 5.73 Å². The monoisotopic (exact) mass is 344 g/mol. The van der Waals surface area contributed by atoms with E-state index in [4.69, 9.17) is 17.3 Å². The second kappa shape index (κ2) is 6.46. The Hall–Kier alpha value is -0.920. The molecular formula is C14H17ClN2O2S2. The SMILES string of the molecule is Cc1c(CN)cccc1S(=O)(=O)N(C)Cc1ccc(Cl)s1. The Kier molecular flexibility index (Phi) is 5.06. The first-order valence-electron chi connectivity index (χ1n) is 6.35. The Morgan fingerprint density at radius 2 is 2.00 bits per heavy atom. The number of rotatable bonds is 5. The summed E-state index contributed by atoms with van der Waals surface area (Å²) in [4.78, 5) is 1.20. The molecule has 0 aliphatic heterocycles. The molecule has 114 valence electrons. The second-order valence-electron chi connectivity index (χ2n) is 4.71. The van der Waals surface area contributed by atoms with Crippen molar-refractivity contribution < 1.29 is 8.42 Å². The van der Waals surface area contributed by atoms with Crippen LogP contribution in [0.1, 0.15) is 16.0 Å². The van der Waals surface area contributed by atoms with Crippen molar-refractivity contribution in [3.8, 4) is 0 Å². The van der Waals surface area contributed by atoms with E-state index in [0.29, 0.717) is 27.9 Å². The van der Waals surface area contributed by atoms with Gasteiger partial charge >= 0.3 is 0 Å². The highest BCUT2D eigenvalue weighted by molar-refractivity contribution is 7.89. The molecule has 0 saturated carbocycles. The van der Waals surface area contributed by atoms with E-state index < -0.39 is 10.0 Å². The van der Waals surface area contributed by atoms with E-state index in [1.54, 1.807) is 32.2 Å². The lowest BCUT2D eigenvalue weighted by Crippen LogP contribution is -2.27. The standard InChI is InChI=1S/C14H17ClN2O2S2/c1-10-11(8-16)4-3-5-13(10)21(18,19)17(2)9-12-6-7-14(15)20-12/h3-7H,8-9,16H2,1-2H3. The summed E-state index contributed by atoms with van der Waals surface area (Å²) in [6.07, 6.45) is 0. The fourth-order valence-corrected chi connectivity index (χ4v) is 4.71. The van der Waals surface area contributed by atoms with Crippen molar-refractivity contribution in [2.45, 2.75) is 24.9 Å². The number of sulfonamides is 1. The van der Waals surface area contributed by atoms with Crippen molar-refractivity contribution in [3.63, 3.8) is 0 Å². The van der Waals surface area contributed by atoms with Gasteiger partial charge in [0.1, 0.15) is 0 Å². The van der Waals surface area contributed by atoms with E-state index in [1.165, 1.54) is 15.6 Å². The van der Waals surface area contributed by atoms with Crippen molar-refractivity contribution in [2.75, 3.05) is 7.05 Å². The fourth-order valence-electron chi connectivity index (χ4n) is 2.07. The molecule has 0 atom stereocenters. The van der Waals surface area contributed by atoms with Crippen LogP contribution < -0.4 is 5.73 Å². The highest BCUT2D eigenvalue weighted by Crippen LogP contribution is 2.26. The van der Waals surface area contributed by atoms with Crippen LogP contribution in [0.4, 0.5) is 0 Å². The lowest BCUT2D eigenvalue weighted by atomic mass is 10.1. The van der Waals surface area contributed by atoms with Gasteiger partial charge in [-0.05, 0) is 36.2 Å². The topological polar surface area (TPSA) is 63.4 Å². The summed E-state index contributed by atoms with van der Waals surface area (Å²) in [6, 6.07) is 8.78. The first-order valence-corrected chi connectivity index (χ1v) is 8.99. The summed E-state index contributed by atoms with van der Waals surface area (Å²) in [5.74, 6) is 0. The van der Waals surface area contributed by atoms with Gasteiger partial charge in [-0.25, -0.2) is 8.42 Å². The number of hydrogen-bond acceptors (Lipinski definition) is 4. The third-order valence-corrected chi connectivity index (χ3v) is 6.48. The maximum Gasteiger partial charge on any atom is 0.243 e. The van der Waals surface area contributed by atoms with Gasteiger partial charge in [0, 0.05) is 25.0 Å². The van der Waals surface area contributed by atoms with E-state index in [0.717, 1.165) is 10.4 Å². The molecule has 1 heterocycles. The zero-order valence-electron chi connectivity index (χ0n) is 11.8. The van der Waals surface area contributed by atoms with Crippen molar-refractivity contribution in [1.82, 2.24) is 4.31 Å². The van der Waals surface area contributed by atoms with Crippen molar-refractivity contribution in [3.05, 3.63) is 50.7 Å². The third kappa shape index (κ3) is 3.46. The molecule has 2 rings (SSSR count). The van der Waals surface area contributed by atoms with Gasteiger partial charge in [-0.15, -0.1) is 11.3 Å². The number of thiophene rings is 1. The van der Waals surface area contributed by atoms with Gasteiger partial charge in [0.25, 0.3) is 0 Å². The molecule has 1 aromatic carbocycles. The van der Waals surface area contributed by atoms with Crippen LogP contribution in [0, 0.1) is 6.92 Å². The summed E-state index contributed by atoms with van der Waals surface area (Å²) >= 11 is 7.26. The number of hydrogen-bond donors (Lipinski definition) is 1. The average Bonchev–Trinajstić information content (AvgIpc) is 2.84. The zero-order valence-corrected chi connectivity index (χ0v) is 14.2. The number of nitrogens with zero attached hydrogens (tertiary/aromatic N) is 1. The molecule has 0 aliphatic carbocycles. The number of halogens is 1. The maximum atomic E-state index is 12.7. The first kappa shape index (κ1) is 16.5. The molecule has 0 spiro atoms. The van der Waals surface area contributed by atoms with Crippen LogP contribution in [0.25, 0.3) is 0 Å². The van der Waals surface area contributed by atoms with Gasteiger partial charge in [0.15, 0.2) is 0 Å². The van der Waals surface area contributed by atoms with Crippen LogP contribution in [0.15, 0.2) is 35.2 Å². The first-order chi connectivity index (χ1) is 9.86. The minimum Gasteiger partial charge on any atom is -0.326 e. The smallest absolute Gasteiger partial charge is 0.243 e. The van der Waals surface area contributed by atoms with E-state index >= 15 is 0 Å². The van der Waals surface area contributed by atoms with Crippen LogP contribution in [-0.2, 0) is 23.1 Å². The zero-order chi connectivity index (χ0) is 15.6. The quantitative estimate of drug-likeness (QED) is 0.906. The van der Waals surface area contributed by atoms with Crippen molar-refractivity contribution in [2.24, 2.45) is 5.73 Å². The molecule has 0 saturated heterocycles. The molecule has 21 heavy (non-hydrogen) atoms. The molecule has 2 aromatic rings. The van der Waals surface area contributed by atoms with Crippen LogP contribution >= 0.6 is 22.9 Å². The van der Waals surface area contributed by atoms with Crippen LogP contribution in [0.5, 0.6) is 0 Å². The van der Waals surface area contributed by atoms with Crippen LogP contribution in [0.3, 0.4) is 0 Å². The Labute approximate surface area is 134 Å². The summed E-state index contributed by atoms with van der Waals surface area (Å²) < 4.78 is 27.4. The number of nitrogens with two attached hydrogens (primary N) is 1. The van der Waals surface area contributed by atoms with Crippen LogP contribution in [-0.4, -0.2) is 19.8 Å². The minimum absolute atomic E-state index is 0.298.